The lowest BCUT2D eigenvalue weighted by atomic mass is 10.3. The average molecular weight is 153 g/mol. The molecule has 0 aliphatic carbocycles. The van der Waals surface area contributed by atoms with Gasteiger partial charge in [-0.2, -0.15) is 5.10 Å². The fourth-order valence-corrected chi connectivity index (χ4v) is 0.576. The van der Waals surface area contributed by atoms with Gasteiger partial charge in [0, 0.05) is 6.20 Å². The van der Waals surface area contributed by atoms with Crippen LogP contribution in [0.3, 0.4) is 0 Å². The number of carboxylic acid groups (broad SMARTS) is 1. The Kier molecular flexibility index (Phi) is 1.91. The van der Waals surface area contributed by atoms with Gasteiger partial charge in [-0.25, -0.2) is 4.79 Å². The zero-order valence-corrected chi connectivity index (χ0v) is 5.61. The molecule has 0 atom stereocenters. The summed E-state index contributed by atoms with van der Waals surface area (Å²) in [6.45, 7) is 0. The van der Waals surface area contributed by atoms with Gasteiger partial charge in [0.2, 0.25) is 0 Å². The van der Waals surface area contributed by atoms with Crippen molar-refractivity contribution in [3.05, 3.63) is 23.7 Å². The summed E-state index contributed by atoms with van der Waals surface area (Å²) in [5, 5.41) is 14.5. The molecule has 0 bridgehead atoms. The van der Waals surface area contributed by atoms with E-state index in [1.165, 1.54) is 12.3 Å². The molecule has 0 aliphatic rings. The molecule has 0 aliphatic heterocycles. The molecule has 0 amide bonds. The van der Waals surface area contributed by atoms with Gasteiger partial charge in [-0.05, 0) is 12.1 Å². The van der Waals surface area contributed by atoms with E-state index >= 15 is 0 Å². The van der Waals surface area contributed by atoms with Gasteiger partial charge in [0.1, 0.15) is 5.70 Å². The standard InChI is InChI=1S/C6H7N3O2/c7-5(6(10)11)3-4-1-2-8-9-4/h1-3H,7H2,(H,8,9)(H,10,11)/b5-3+. The van der Waals surface area contributed by atoms with Gasteiger partial charge in [-0.15, -0.1) is 0 Å². The van der Waals surface area contributed by atoms with Crippen LogP contribution in [0.5, 0.6) is 0 Å². The van der Waals surface area contributed by atoms with E-state index < -0.39 is 5.97 Å². The Hall–Kier alpha value is -1.78. The largest absolute Gasteiger partial charge is 0.477 e. The van der Waals surface area contributed by atoms with Crippen LogP contribution in [0, 0.1) is 0 Å². The predicted octanol–water partition coefficient (Wildman–Crippen LogP) is -0.206. The van der Waals surface area contributed by atoms with Crippen LogP contribution < -0.4 is 5.73 Å². The molecule has 1 rings (SSSR count). The lowest BCUT2D eigenvalue weighted by molar-refractivity contribution is -0.132. The molecule has 58 valence electrons. The number of hydrogen-bond donors (Lipinski definition) is 3. The van der Waals surface area contributed by atoms with Crippen LogP contribution in [0.2, 0.25) is 0 Å². The molecule has 0 aromatic carbocycles. The number of hydrogen-bond acceptors (Lipinski definition) is 3. The molecule has 0 spiro atoms. The fourth-order valence-electron chi connectivity index (χ4n) is 0.576. The second kappa shape index (κ2) is 2.87. The summed E-state index contributed by atoms with van der Waals surface area (Å²) >= 11 is 0. The predicted molar refractivity (Wildman–Crippen MR) is 38.4 cm³/mol. The molecule has 0 saturated carbocycles. The van der Waals surface area contributed by atoms with Gasteiger partial charge in [0.05, 0.1) is 5.69 Å². The normalized spacial score (nSPS) is 11.5. The van der Waals surface area contributed by atoms with Crippen molar-refractivity contribution in [1.82, 2.24) is 10.2 Å². The Labute approximate surface area is 62.5 Å². The lowest BCUT2D eigenvalue weighted by Gasteiger charge is -1.89. The van der Waals surface area contributed by atoms with Gasteiger partial charge >= 0.3 is 5.97 Å². The van der Waals surface area contributed by atoms with Crippen LogP contribution in [-0.4, -0.2) is 21.3 Å². The third-order valence-electron chi connectivity index (χ3n) is 1.08. The van der Waals surface area contributed by atoms with E-state index in [0.29, 0.717) is 5.69 Å². The first-order valence-electron chi connectivity index (χ1n) is 2.90. The summed E-state index contributed by atoms with van der Waals surface area (Å²) in [6.07, 6.45) is 2.82. The average Bonchev–Trinajstić information content (AvgIpc) is 2.39. The van der Waals surface area contributed by atoms with Crippen molar-refractivity contribution in [3.63, 3.8) is 0 Å². The van der Waals surface area contributed by atoms with Crippen molar-refractivity contribution in [2.24, 2.45) is 5.73 Å². The SMILES string of the molecule is N/C(=C/c1ccn[nH]1)C(=O)O. The van der Waals surface area contributed by atoms with Crippen molar-refractivity contribution in [3.8, 4) is 0 Å². The molecule has 1 heterocycles. The number of nitrogens with zero attached hydrogens (tertiary/aromatic N) is 1. The monoisotopic (exact) mass is 153 g/mol. The second-order valence-corrected chi connectivity index (χ2v) is 1.92. The summed E-state index contributed by atoms with van der Waals surface area (Å²) in [4.78, 5) is 10.2. The maximum atomic E-state index is 10.2. The van der Waals surface area contributed by atoms with E-state index in [-0.39, 0.29) is 5.70 Å². The quantitative estimate of drug-likeness (QED) is 0.513. The Morgan fingerprint density at radius 3 is 3.00 bits per heavy atom. The number of carboxylic acids is 1. The molecule has 0 fully saturated rings. The van der Waals surface area contributed by atoms with Crippen LogP contribution >= 0.6 is 0 Å². The van der Waals surface area contributed by atoms with Crippen molar-refractivity contribution in [2.45, 2.75) is 0 Å². The number of nitrogens with two attached hydrogens (primary N) is 1. The van der Waals surface area contributed by atoms with E-state index in [4.69, 9.17) is 10.8 Å². The van der Waals surface area contributed by atoms with Crippen molar-refractivity contribution in [1.29, 1.82) is 0 Å². The zero-order valence-electron chi connectivity index (χ0n) is 5.61. The summed E-state index contributed by atoms with van der Waals surface area (Å²) in [7, 11) is 0. The molecule has 5 heteroatoms. The first-order chi connectivity index (χ1) is 5.20. The Bertz CT molecular complexity index is 276. The van der Waals surface area contributed by atoms with Crippen molar-refractivity contribution >= 4 is 12.0 Å². The molecule has 1 aromatic rings. The maximum absolute atomic E-state index is 10.2. The second-order valence-electron chi connectivity index (χ2n) is 1.92. The molecular weight excluding hydrogens is 146 g/mol. The van der Waals surface area contributed by atoms with E-state index in [1.807, 2.05) is 0 Å². The number of aromatic nitrogens is 2. The highest BCUT2D eigenvalue weighted by molar-refractivity contribution is 5.90. The van der Waals surface area contributed by atoms with Crippen LogP contribution in [-0.2, 0) is 4.79 Å². The van der Waals surface area contributed by atoms with Gasteiger partial charge in [-0.3, -0.25) is 5.10 Å². The van der Waals surface area contributed by atoms with Gasteiger partial charge in [0.25, 0.3) is 0 Å². The number of nitrogens with one attached hydrogen (secondary N) is 1. The summed E-state index contributed by atoms with van der Waals surface area (Å²) in [5.74, 6) is -1.14. The highest BCUT2D eigenvalue weighted by Gasteiger charge is 2.00. The number of aliphatic carboxylic acids is 1. The first-order valence-corrected chi connectivity index (χ1v) is 2.90. The molecule has 4 N–H and O–H groups in total. The Balaban J connectivity index is 2.82. The molecule has 5 nitrogen and oxygen atoms in total. The minimum Gasteiger partial charge on any atom is -0.477 e. The Morgan fingerprint density at radius 2 is 2.55 bits per heavy atom. The zero-order chi connectivity index (χ0) is 8.27. The molecule has 0 radical (unpaired) electrons. The molecule has 1 aromatic heterocycles. The van der Waals surface area contributed by atoms with Crippen molar-refractivity contribution in [2.75, 3.05) is 0 Å². The molecule has 0 unspecified atom stereocenters. The lowest BCUT2D eigenvalue weighted by Crippen LogP contribution is -2.09. The van der Waals surface area contributed by atoms with E-state index in [9.17, 15) is 4.79 Å². The third kappa shape index (κ3) is 1.82. The van der Waals surface area contributed by atoms with E-state index in [0.717, 1.165) is 0 Å². The Morgan fingerprint density at radius 1 is 1.82 bits per heavy atom. The minimum absolute atomic E-state index is 0.214. The fraction of sp³-hybridized carbons (Fsp3) is 0. The number of H-pyrrole nitrogens is 1. The van der Waals surface area contributed by atoms with Crippen LogP contribution in [0.1, 0.15) is 5.69 Å². The topological polar surface area (TPSA) is 92.0 Å². The summed E-state index contributed by atoms with van der Waals surface area (Å²) in [6, 6.07) is 1.62. The molecular formula is C6H7N3O2. The smallest absolute Gasteiger partial charge is 0.351 e. The van der Waals surface area contributed by atoms with Crippen LogP contribution in [0.25, 0.3) is 6.08 Å². The van der Waals surface area contributed by atoms with Crippen LogP contribution in [0.15, 0.2) is 18.0 Å². The van der Waals surface area contributed by atoms with E-state index in [2.05, 4.69) is 10.2 Å². The highest BCUT2D eigenvalue weighted by Crippen LogP contribution is 1.97. The maximum Gasteiger partial charge on any atom is 0.351 e. The highest BCUT2D eigenvalue weighted by atomic mass is 16.4. The summed E-state index contributed by atoms with van der Waals surface area (Å²) < 4.78 is 0. The first kappa shape index (κ1) is 7.33. The van der Waals surface area contributed by atoms with Crippen molar-refractivity contribution < 1.29 is 9.90 Å². The number of aromatic amines is 1. The number of rotatable bonds is 2. The van der Waals surface area contributed by atoms with Gasteiger partial charge in [-0.1, -0.05) is 0 Å². The van der Waals surface area contributed by atoms with E-state index in [1.54, 1.807) is 6.07 Å². The van der Waals surface area contributed by atoms with Gasteiger partial charge in [0.15, 0.2) is 0 Å². The van der Waals surface area contributed by atoms with Gasteiger partial charge < -0.3 is 10.8 Å². The molecule has 11 heavy (non-hydrogen) atoms. The van der Waals surface area contributed by atoms with Crippen LogP contribution in [0.4, 0.5) is 0 Å². The molecule has 0 saturated heterocycles. The summed E-state index contributed by atoms with van der Waals surface area (Å²) in [5.41, 5.74) is 5.48. The third-order valence-corrected chi connectivity index (χ3v) is 1.08. The number of carbonyl (C=O) groups is 1. The minimum atomic E-state index is -1.14.